The van der Waals surface area contributed by atoms with Crippen LogP contribution in [0.3, 0.4) is 0 Å². The number of nitro benzene ring substituents is 1. The van der Waals surface area contributed by atoms with E-state index in [0.29, 0.717) is 25.1 Å². The van der Waals surface area contributed by atoms with Crippen LogP contribution in [0.2, 0.25) is 0 Å². The van der Waals surface area contributed by atoms with E-state index in [1.807, 2.05) is 13.8 Å². The number of amides is 1. The molecule has 1 unspecified atom stereocenters. The molecule has 1 aromatic carbocycles. The third-order valence-electron chi connectivity index (χ3n) is 3.27. The number of nitro groups is 1. The molecular formula is C18H21N3O5. The van der Waals surface area contributed by atoms with Gasteiger partial charge in [0, 0.05) is 25.3 Å². The second-order valence-electron chi connectivity index (χ2n) is 5.71. The normalized spacial score (nSPS) is 11.9. The van der Waals surface area contributed by atoms with E-state index in [2.05, 4.69) is 5.32 Å². The lowest BCUT2D eigenvalue weighted by Gasteiger charge is -2.09. The Morgan fingerprint density at radius 1 is 1.42 bits per heavy atom. The van der Waals surface area contributed by atoms with E-state index < -0.39 is 22.5 Å². The molecule has 0 saturated heterocycles. The molecule has 8 heteroatoms. The minimum Gasteiger partial charge on any atom is -0.379 e. The average molecular weight is 359 g/mol. The fraction of sp³-hybridized carbons (Fsp3) is 0.389. The summed E-state index contributed by atoms with van der Waals surface area (Å²) in [6, 6.07) is 7.35. The highest BCUT2D eigenvalue weighted by Crippen LogP contribution is 2.14. The molecular weight excluding hydrogens is 338 g/mol. The largest absolute Gasteiger partial charge is 0.379 e. The third kappa shape index (κ3) is 7.23. The Labute approximate surface area is 151 Å². The first-order valence-electron chi connectivity index (χ1n) is 8.10. The van der Waals surface area contributed by atoms with Gasteiger partial charge in [0.2, 0.25) is 5.91 Å². The molecule has 26 heavy (non-hydrogen) atoms. The summed E-state index contributed by atoms with van der Waals surface area (Å²) < 4.78 is 5.33. The van der Waals surface area contributed by atoms with Crippen molar-refractivity contribution in [3.63, 3.8) is 0 Å². The van der Waals surface area contributed by atoms with Crippen molar-refractivity contribution in [3.8, 4) is 6.07 Å². The van der Waals surface area contributed by atoms with Crippen LogP contribution in [0.4, 0.5) is 5.69 Å². The fourth-order valence-electron chi connectivity index (χ4n) is 1.97. The van der Waals surface area contributed by atoms with Gasteiger partial charge in [-0.25, -0.2) is 0 Å². The van der Waals surface area contributed by atoms with Crippen molar-refractivity contribution < 1.29 is 19.2 Å². The number of carbonyl (C=O) groups excluding carboxylic acids is 2. The lowest BCUT2D eigenvalue weighted by Crippen LogP contribution is -2.35. The van der Waals surface area contributed by atoms with Crippen LogP contribution in [-0.4, -0.2) is 35.9 Å². The van der Waals surface area contributed by atoms with Crippen molar-refractivity contribution in [2.75, 3.05) is 13.2 Å². The van der Waals surface area contributed by atoms with E-state index in [9.17, 15) is 19.7 Å². The van der Waals surface area contributed by atoms with E-state index in [1.165, 1.54) is 24.3 Å². The summed E-state index contributed by atoms with van der Waals surface area (Å²) in [6.07, 6.45) is 3.08. The number of rotatable bonds is 10. The first-order chi connectivity index (χ1) is 12.3. The number of ether oxygens (including phenoxy) is 1. The molecule has 1 amide bonds. The van der Waals surface area contributed by atoms with Gasteiger partial charge in [0.1, 0.15) is 0 Å². The molecule has 1 N–H and O–H groups in total. The van der Waals surface area contributed by atoms with Crippen LogP contribution < -0.4 is 5.32 Å². The molecule has 1 aromatic rings. The first-order valence-corrected chi connectivity index (χ1v) is 8.10. The maximum atomic E-state index is 12.1. The highest BCUT2D eigenvalue weighted by molar-refractivity contribution is 6.10. The Kier molecular flexibility index (Phi) is 8.67. The molecule has 1 rings (SSSR count). The summed E-state index contributed by atoms with van der Waals surface area (Å²) in [5, 5.41) is 22.3. The Balaban J connectivity index is 2.60. The summed E-state index contributed by atoms with van der Waals surface area (Å²) >= 11 is 0. The summed E-state index contributed by atoms with van der Waals surface area (Å²) in [4.78, 5) is 34.2. The molecule has 0 bridgehead atoms. The number of allylic oxidation sites excluding steroid dienone is 1. The van der Waals surface area contributed by atoms with Gasteiger partial charge in [0.25, 0.3) is 5.69 Å². The SMILES string of the molecule is CC(C)OCCCNC(=O)C(C#N)C(=O)/C=C/c1cccc([N+](=O)[O-])c1. The number of hydrogen-bond acceptors (Lipinski definition) is 6. The van der Waals surface area contributed by atoms with E-state index >= 15 is 0 Å². The van der Waals surface area contributed by atoms with Gasteiger partial charge in [0.05, 0.1) is 17.1 Å². The molecule has 0 aromatic heterocycles. The third-order valence-corrected chi connectivity index (χ3v) is 3.27. The van der Waals surface area contributed by atoms with Crippen LogP contribution in [0.5, 0.6) is 0 Å². The number of benzene rings is 1. The smallest absolute Gasteiger partial charge is 0.270 e. The molecule has 0 heterocycles. The van der Waals surface area contributed by atoms with Crippen LogP contribution >= 0.6 is 0 Å². The maximum Gasteiger partial charge on any atom is 0.270 e. The van der Waals surface area contributed by atoms with E-state index in [1.54, 1.807) is 12.1 Å². The van der Waals surface area contributed by atoms with Gasteiger partial charge in [-0.3, -0.25) is 19.7 Å². The number of nitrogens with zero attached hydrogens (tertiary/aromatic N) is 2. The maximum absolute atomic E-state index is 12.1. The molecule has 0 fully saturated rings. The average Bonchev–Trinajstić information content (AvgIpc) is 2.60. The zero-order valence-electron chi connectivity index (χ0n) is 14.7. The Hall–Kier alpha value is -3.05. The van der Waals surface area contributed by atoms with E-state index in [0.717, 1.165) is 6.08 Å². The fourth-order valence-corrected chi connectivity index (χ4v) is 1.97. The minimum absolute atomic E-state index is 0.0954. The second kappa shape index (κ2) is 10.7. The van der Waals surface area contributed by atoms with E-state index in [-0.39, 0.29) is 11.8 Å². The number of ketones is 1. The van der Waals surface area contributed by atoms with Crippen LogP contribution in [0, 0.1) is 27.4 Å². The summed E-state index contributed by atoms with van der Waals surface area (Å²) in [5.41, 5.74) is 0.313. The van der Waals surface area contributed by atoms with Gasteiger partial charge in [-0.2, -0.15) is 5.26 Å². The molecule has 1 atom stereocenters. The van der Waals surface area contributed by atoms with Crippen molar-refractivity contribution in [2.24, 2.45) is 5.92 Å². The molecule has 0 radical (unpaired) electrons. The quantitative estimate of drug-likeness (QED) is 0.225. The molecule has 0 aliphatic heterocycles. The van der Waals surface area contributed by atoms with Crippen LogP contribution in [-0.2, 0) is 14.3 Å². The summed E-state index contributed by atoms with van der Waals surface area (Å²) in [7, 11) is 0. The Bertz CT molecular complexity index is 722. The molecule has 138 valence electrons. The van der Waals surface area contributed by atoms with Crippen LogP contribution in [0.1, 0.15) is 25.8 Å². The topological polar surface area (TPSA) is 122 Å². The minimum atomic E-state index is -1.46. The zero-order chi connectivity index (χ0) is 19.5. The van der Waals surface area contributed by atoms with Gasteiger partial charge in [-0.1, -0.05) is 18.2 Å². The highest BCUT2D eigenvalue weighted by atomic mass is 16.6. The van der Waals surface area contributed by atoms with E-state index in [4.69, 9.17) is 10.00 Å². The predicted octanol–water partition coefficient (Wildman–Crippen LogP) is 2.25. The second-order valence-corrected chi connectivity index (χ2v) is 5.71. The van der Waals surface area contributed by atoms with Gasteiger partial charge in [-0.05, 0) is 31.9 Å². The monoisotopic (exact) mass is 359 g/mol. The standard InChI is InChI=1S/C18H21N3O5/c1-13(2)26-10-4-9-20-18(23)16(12-19)17(22)8-7-14-5-3-6-15(11-14)21(24)25/h3,5-8,11,13,16H,4,9-10H2,1-2H3,(H,20,23)/b8-7+. The van der Waals surface area contributed by atoms with Crippen LogP contribution in [0.25, 0.3) is 6.08 Å². The number of hydrogen-bond donors (Lipinski definition) is 1. The van der Waals surface area contributed by atoms with Gasteiger partial charge in [-0.15, -0.1) is 0 Å². The highest BCUT2D eigenvalue weighted by Gasteiger charge is 2.23. The summed E-state index contributed by atoms with van der Waals surface area (Å²) in [6.45, 7) is 4.56. The lowest BCUT2D eigenvalue weighted by molar-refractivity contribution is -0.384. The van der Waals surface area contributed by atoms with Crippen molar-refractivity contribution >= 4 is 23.5 Å². The number of non-ortho nitro benzene ring substituents is 1. The molecule has 0 spiro atoms. The van der Waals surface area contributed by atoms with Gasteiger partial charge in [0.15, 0.2) is 11.7 Å². The van der Waals surface area contributed by atoms with Gasteiger partial charge >= 0.3 is 0 Å². The summed E-state index contributed by atoms with van der Waals surface area (Å²) in [5.74, 6) is -2.82. The predicted molar refractivity (Wildman–Crippen MR) is 95.0 cm³/mol. The Morgan fingerprint density at radius 2 is 2.15 bits per heavy atom. The van der Waals surface area contributed by atoms with Crippen molar-refractivity contribution in [3.05, 3.63) is 46.0 Å². The van der Waals surface area contributed by atoms with Crippen molar-refractivity contribution in [1.29, 1.82) is 5.26 Å². The lowest BCUT2D eigenvalue weighted by atomic mass is 10.0. The first kappa shape index (κ1) is 21.0. The van der Waals surface area contributed by atoms with Crippen molar-refractivity contribution in [1.82, 2.24) is 5.32 Å². The number of nitrogens with one attached hydrogen (secondary N) is 1. The van der Waals surface area contributed by atoms with Crippen molar-refractivity contribution in [2.45, 2.75) is 26.4 Å². The Morgan fingerprint density at radius 3 is 2.77 bits per heavy atom. The number of carbonyl (C=O) groups is 2. The molecule has 8 nitrogen and oxygen atoms in total. The molecule has 0 aliphatic rings. The van der Waals surface area contributed by atoms with Gasteiger partial charge < -0.3 is 10.1 Å². The zero-order valence-corrected chi connectivity index (χ0v) is 14.7. The molecule has 0 saturated carbocycles. The number of nitriles is 1. The molecule has 0 aliphatic carbocycles. The van der Waals surface area contributed by atoms with Crippen LogP contribution in [0.15, 0.2) is 30.3 Å².